The van der Waals surface area contributed by atoms with Crippen molar-refractivity contribution < 1.29 is 23.6 Å². The highest BCUT2D eigenvalue weighted by atomic mass is 19.1. The molecule has 2 aromatic carbocycles. The minimum absolute atomic E-state index is 0.0321. The van der Waals surface area contributed by atoms with Crippen LogP contribution in [0.25, 0.3) is 0 Å². The first kappa shape index (κ1) is 28.4. The summed E-state index contributed by atoms with van der Waals surface area (Å²) in [6.07, 6.45) is 3.74. The molecule has 42 heavy (non-hydrogen) atoms. The maximum atomic E-state index is 14.7. The fourth-order valence-corrected chi connectivity index (χ4v) is 4.83. The third-order valence-corrected chi connectivity index (χ3v) is 7.05. The maximum Gasteiger partial charge on any atom is 0.322 e. The predicted molar refractivity (Wildman–Crippen MR) is 154 cm³/mol. The molecule has 0 saturated carbocycles. The predicted octanol–water partition coefficient (Wildman–Crippen LogP) is 3.62. The number of rotatable bonds is 7. The van der Waals surface area contributed by atoms with Gasteiger partial charge in [0.15, 0.2) is 0 Å². The Morgan fingerprint density at radius 3 is 2.50 bits per heavy atom. The zero-order valence-electron chi connectivity index (χ0n) is 23.2. The van der Waals surface area contributed by atoms with Gasteiger partial charge in [0.25, 0.3) is 0 Å². The molecule has 11 nitrogen and oxygen atoms in total. The first-order chi connectivity index (χ1) is 20.2. The number of urea groups is 1. The Hall–Kier alpha value is -5.13. The summed E-state index contributed by atoms with van der Waals surface area (Å²) in [6.45, 7) is 4.01. The molecule has 0 bridgehead atoms. The molecule has 2 aliphatic heterocycles. The Bertz CT molecular complexity index is 1550. The molecule has 2 aliphatic rings. The molecule has 3 heterocycles. The highest BCUT2D eigenvalue weighted by Gasteiger charge is 2.28. The number of benzene rings is 2. The Morgan fingerprint density at radius 1 is 1.02 bits per heavy atom. The number of anilines is 2. The number of hydrazone groups is 1. The van der Waals surface area contributed by atoms with Crippen LogP contribution in [0.3, 0.4) is 0 Å². The van der Waals surface area contributed by atoms with Gasteiger partial charge in [0.1, 0.15) is 5.82 Å². The smallest absolute Gasteiger partial charge is 0.322 e. The molecule has 5 amide bonds. The van der Waals surface area contributed by atoms with E-state index in [2.05, 4.69) is 26.0 Å². The summed E-state index contributed by atoms with van der Waals surface area (Å²) in [4.78, 5) is 54.3. The Labute approximate surface area is 241 Å². The van der Waals surface area contributed by atoms with Gasteiger partial charge in [-0.2, -0.15) is 5.10 Å². The van der Waals surface area contributed by atoms with Gasteiger partial charge in [-0.25, -0.2) is 14.2 Å². The van der Waals surface area contributed by atoms with Crippen LogP contribution in [0.4, 0.5) is 20.6 Å². The molecule has 0 aliphatic carbocycles. The lowest BCUT2D eigenvalue weighted by Gasteiger charge is -2.28. The fraction of sp³-hybridized carbons (Fsp3) is 0.267. The van der Waals surface area contributed by atoms with Gasteiger partial charge < -0.3 is 20.9 Å². The van der Waals surface area contributed by atoms with Crippen LogP contribution in [0.2, 0.25) is 0 Å². The van der Waals surface area contributed by atoms with E-state index >= 15 is 0 Å². The number of halogens is 1. The quantitative estimate of drug-likeness (QED) is 0.398. The standard InChI is InChI=1S/C30H30FN7O4/c1-18-11-28(41)38(15-20-3-8-26(25(31)12-20)35-27(40)14-33-19(2)39)36-29(18)21-4-6-24(7-5-21)34-30(42)37-16-22-9-10-32-13-23(22)17-37/h3-10,12-13,18H,11,14-17H2,1-2H3,(H,33,39)(H,34,42)(H,35,40). The van der Waals surface area contributed by atoms with Crippen LogP contribution < -0.4 is 16.0 Å². The zero-order valence-corrected chi connectivity index (χ0v) is 23.2. The SMILES string of the molecule is CC(=O)NCC(=O)Nc1ccc(CN2N=C(c3ccc(NC(=O)N4Cc5ccncc5C4)cc3)C(C)CC2=O)cc1F. The van der Waals surface area contributed by atoms with Gasteiger partial charge in [0.2, 0.25) is 17.7 Å². The van der Waals surface area contributed by atoms with Crippen LogP contribution >= 0.6 is 0 Å². The van der Waals surface area contributed by atoms with Crippen molar-refractivity contribution in [3.8, 4) is 0 Å². The number of nitrogens with zero attached hydrogens (tertiary/aromatic N) is 4. The minimum Gasteiger partial charge on any atom is -0.347 e. The second-order valence-electron chi connectivity index (χ2n) is 10.3. The van der Waals surface area contributed by atoms with Crippen LogP contribution in [0.15, 0.2) is 66.0 Å². The van der Waals surface area contributed by atoms with Crippen LogP contribution in [0, 0.1) is 11.7 Å². The summed E-state index contributed by atoms with van der Waals surface area (Å²) in [6, 6.07) is 13.2. The third-order valence-electron chi connectivity index (χ3n) is 7.05. The van der Waals surface area contributed by atoms with Gasteiger partial charge in [0, 0.05) is 50.4 Å². The fourth-order valence-electron chi connectivity index (χ4n) is 4.83. The van der Waals surface area contributed by atoms with Crippen molar-refractivity contribution in [2.75, 3.05) is 17.2 Å². The lowest BCUT2D eigenvalue weighted by Crippen LogP contribution is -2.36. The number of fused-ring (bicyclic) bond motifs is 1. The van der Waals surface area contributed by atoms with E-state index in [9.17, 15) is 23.6 Å². The molecule has 0 spiro atoms. The van der Waals surface area contributed by atoms with Gasteiger partial charge in [0.05, 0.1) is 24.5 Å². The molecule has 0 radical (unpaired) electrons. The molecule has 1 unspecified atom stereocenters. The van der Waals surface area contributed by atoms with E-state index in [-0.39, 0.29) is 49.0 Å². The number of pyridine rings is 1. The van der Waals surface area contributed by atoms with Crippen LogP contribution in [-0.2, 0) is 34.0 Å². The average molecular weight is 572 g/mol. The molecular weight excluding hydrogens is 541 g/mol. The van der Waals surface area contributed by atoms with Crippen LogP contribution in [0.1, 0.15) is 42.5 Å². The lowest BCUT2D eigenvalue weighted by molar-refractivity contribution is -0.133. The van der Waals surface area contributed by atoms with Gasteiger partial charge in [-0.05, 0) is 52.6 Å². The van der Waals surface area contributed by atoms with E-state index < -0.39 is 11.7 Å². The molecule has 3 N–H and O–H groups in total. The number of carbonyl (C=O) groups excluding carboxylic acids is 4. The lowest BCUT2D eigenvalue weighted by atomic mass is 9.93. The average Bonchev–Trinajstić information content (AvgIpc) is 3.40. The molecule has 0 fully saturated rings. The monoisotopic (exact) mass is 571 g/mol. The van der Waals surface area contributed by atoms with E-state index in [4.69, 9.17) is 0 Å². The van der Waals surface area contributed by atoms with Crippen molar-refractivity contribution in [3.05, 3.63) is 89.0 Å². The number of hydrogen-bond donors (Lipinski definition) is 3. The van der Waals surface area contributed by atoms with Crippen molar-refractivity contribution in [2.45, 2.75) is 39.9 Å². The number of amides is 5. The van der Waals surface area contributed by atoms with Gasteiger partial charge >= 0.3 is 6.03 Å². The molecule has 1 aromatic heterocycles. The molecule has 12 heteroatoms. The maximum absolute atomic E-state index is 14.7. The first-order valence-corrected chi connectivity index (χ1v) is 13.5. The van der Waals surface area contributed by atoms with Crippen molar-refractivity contribution in [1.82, 2.24) is 20.2 Å². The van der Waals surface area contributed by atoms with Crippen molar-refractivity contribution in [1.29, 1.82) is 0 Å². The Balaban J connectivity index is 1.23. The largest absolute Gasteiger partial charge is 0.347 e. The van der Waals surface area contributed by atoms with Gasteiger partial charge in [-0.15, -0.1) is 0 Å². The normalized spacial score (nSPS) is 16.0. The Morgan fingerprint density at radius 2 is 1.79 bits per heavy atom. The third kappa shape index (κ3) is 6.60. The molecule has 5 rings (SSSR count). The van der Waals surface area contributed by atoms with E-state index in [0.717, 1.165) is 16.7 Å². The highest BCUT2D eigenvalue weighted by Crippen LogP contribution is 2.26. The van der Waals surface area contributed by atoms with Crippen molar-refractivity contribution >= 4 is 40.8 Å². The second kappa shape index (κ2) is 12.2. The number of nitrogens with one attached hydrogen (secondary N) is 3. The molecule has 3 aromatic rings. The molecule has 216 valence electrons. The zero-order chi connectivity index (χ0) is 29.8. The van der Waals surface area contributed by atoms with Gasteiger partial charge in [-0.3, -0.25) is 19.4 Å². The molecule has 1 atom stereocenters. The van der Waals surface area contributed by atoms with Crippen molar-refractivity contribution in [2.24, 2.45) is 11.0 Å². The minimum atomic E-state index is -0.669. The summed E-state index contributed by atoms with van der Waals surface area (Å²) in [5.41, 5.74) is 4.73. The van der Waals surface area contributed by atoms with Crippen LogP contribution in [0.5, 0.6) is 0 Å². The van der Waals surface area contributed by atoms with Crippen LogP contribution in [-0.4, -0.2) is 50.9 Å². The molecule has 0 saturated heterocycles. The van der Waals surface area contributed by atoms with E-state index in [1.54, 1.807) is 35.5 Å². The highest BCUT2D eigenvalue weighted by molar-refractivity contribution is 6.06. The van der Waals surface area contributed by atoms with E-state index in [1.807, 2.05) is 25.1 Å². The molecular formula is C30H30FN7O4. The Kier molecular flexibility index (Phi) is 8.23. The van der Waals surface area contributed by atoms with Gasteiger partial charge in [-0.1, -0.05) is 25.1 Å². The summed E-state index contributed by atoms with van der Waals surface area (Å²) in [5.74, 6) is -1.92. The second-order valence-corrected chi connectivity index (χ2v) is 10.3. The van der Waals surface area contributed by atoms with E-state index in [0.29, 0.717) is 30.1 Å². The van der Waals surface area contributed by atoms with Crippen molar-refractivity contribution in [3.63, 3.8) is 0 Å². The number of aromatic nitrogens is 1. The first-order valence-electron chi connectivity index (χ1n) is 13.5. The summed E-state index contributed by atoms with van der Waals surface area (Å²) >= 11 is 0. The summed E-state index contributed by atoms with van der Waals surface area (Å²) < 4.78 is 14.7. The van der Waals surface area contributed by atoms with E-state index in [1.165, 1.54) is 24.1 Å². The number of carbonyl (C=O) groups is 4. The summed E-state index contributed by atoms with van der Waals surface area (Å²) in [7, 11) is 0. The number of hydrogen-bond acceptors (Lipinski definition) is 6. The summed E-state index contributed by atoms with van der Waals surface area (Å²) in [5, 5.41) is 13.6. The topological polar surface area (TPSA) is 136 Å².